The average molecular weight is 351 g/mol. The maximum atomic E-state index is 12.6. The largest absolute Gasteiger partial charge is 0.368 e. The van der Waals surface area contributed by atoms with Crippen LogP contribution >= 0.6 is 12.4 Å². The highest BCUT2D eigenvalue weighted by Crippen LogP contribution is 2.24. The van der Waals surface area contributed by atoms with Gasteiger partial charge < -0.3 is 15.4 Å². The van der Waals surface area contributed by atoms with Crippen LogP contribution in [-0.2, 0) is 16.1 Å². The van der Waals surface area contributed by atoms with Crippen LogP contribution in [0.2, 0.25) is 0 Å². The number of piperidine rings is 1. The van der Waals surface area contributed by atoms with Gasteiger partial charge in [0.05, 0.1) is 18.4 Å². The van der Waals surface area contributed by atoms with E-state index in [-0.39, 0.29) is 18.3 Å². The number of methoxy groups -OCH3 is 1. The van der Waals surface area contributed by atoms with E-state index >= 15 is 0 Å². The molecule has 1 aliphatic heterocycles. The molecule has 2 aromatic rings. The fraction of sp³-hybridized carbons (Fsp3) is 0.412. The van der Waals surface area contributed by atoms with Gasteiger partial charge in [0.15, 0.2) is 0 Å². The van der Waals surface area contributed by atoms with Gasteiger partial charge in [0.1, 0.15) is 5.60 Å². The second kappa shape index (κ2) is 8.28. The minimum Gasteiger partial charge on any atom is -0.368 e. The summed E-state index contributed by atoms with van der Waals surface area (Å²) in [5, 5.41) is 10.5. The molecule has 0 saturated carbocycles. The van der Waals surface area contributed by atoms with Crippen LogP contribution in [0.3, 0.4) is 0 Å². The Morgan fingerprint density at radius 3 is 2.71 bits per heavy atom. The van der Waals surface area contributed by atoms with E-state index in [1.807, 2.05) is 29.1 Å². The van der Waals surface area contributed by atoms with Crippen molar-refractivity contribution in [1.29, 1.82) is 0 Å². The van der Waals surface area contributed by atoms with Gasteiger partial charge in [-0.1, -0.05) is 30.3 Å². The van der Waals surface area contributed by atoms with Gasteiger partial charge in [-0.2, -0.15) is 5.10 Å². The number of rotatable bonds is 5. The number of anilines is 1. The van der Waals surface area contributed by atoms with Crippen molar-refractivity contribution in [2.75, 3.05) is 25.5 Å². The van der Waals surface area contributed by atoms with Crippen LogP contribution in [0.1, 0.15) is 18.4 Å². The monoisotopic (exact) mass is 350 g/mol. The van der Waals surface area contributed by atoms with Crippen molar-refractivity contribution < 1.29 is 9.53 Å². The number of hydrogen-bond donors (Lipinski definition) is 2. The van der Waals surface area contributed by atoms with Crippen molar-refractivity contribution in [3.8, 4) is 0 Å². The van der Waals surface area contributed by atoms with Gasteiger partial charge in [-0.05, 0) is 31.5 Å². The van der Waals surface area contributed by atoms with Gasteiger partial charge in [0.25, 0.3) is 5.91 Å². The molecule has 7 heteroatoms. The number of amides is 1. The number of aromatic nitrogens is 2. The molecule has 0 bridgehead atoms. The summed E-state index contributed by atoms with van der Waals surface area (Å²) in [5.41, 5.74) is 1.12. The first-order valence-electron chi connectivity index (χ1n) is 7.85. The fourth-order valence-corrected chi connectivity index (χ4v) is 2.88. The summed E-state index contributed by atoms with van der Waals surface area (Å²) in [4.78, 5) is 12.6. The van der Waals surface area contributed by atoms with E-state index in [1.54, 1.807) is 13.3 Å². The second-order valence-corrected chi connectivity index (χ2v) is 5.81. The molecule has 1 aliphatic rings. The van der Waals surface area contributed by atoms with E-state index in [9.17, 15) is 4.79 Å². The van der Waals surface area contributed by atoms with Gasteiger partial charge in [0, 0.05) is 13.3 Å². The fourth-order valence-electron chi connectivity index (χ4n) is 2.88. The number of carbonyl (C=O) groups excluding carboxylic acids is 1. The number of benzene rings is 1. The molecule has 1 fully saturated rings. The Labute approximate surface area is 148 Å². The molecule has 130 valence electrons. The topological polar surface area (TPSA) is 68.2 Å². The molecule has 3 rings (SSSR count). The van der Waals surface area contributed by atoms with Crippen LogP contribution in [0.25, 0.3) is 0 Å². The van der Waals surface area contributed by atoms with Crippen molar-refractivity contribution in [3.05, 3.63) is 48.3 Å². The Kier molecular flexibility index (Phi) is 6.36. The number of carbonyl (C=O) groups is 1. The van der Waals surface area contributed by atoms with Crippen LogP contribution < -0.4 is 10.6 Å². The minimum absolute atomic E-state index is 0. The molecule has 0 unspecified atom stereocenters. The minimum atomic E-state index is -0.743. The van der Waals surface area contributed by atoms with Gasteiger partial charge in [-0.25, -0.2) is 0 Å². The first-order chi connectivity index (χ1) is 11.2. The summed E-state index contributed by atoms with van der Waals surface area (Å²) < 4.78 is 7.35. The summed E-state index contributed by atoms with van der Waals surface area (Å²) in [6.45, 7) is 2.25. The highest BCUT2D eigenvalue weighted by atomic mass is 35.5. The lowest BCUT2D eigenvalue weighted by molar-refractivity contribution is -0.140. The summed E-state index contributed by atoms with van der Waals surface area (Å²) in [6.07, 6.45) is 4.86. The Bertz CT molecular complexity index is 654. The molecule has 6 nitrogen and oxygen atoms in total. The second-order valence-electron chi connectivity index (χ2n) is 5.81. The van der Waals surface area contributed by atoms with Gasteiger partial charge >= 0.3 is 0 Å². The van der Waals surface area contributed by atoms with Crippen molar-refractivity contribution in [2.24, 2.45) is 0 Å². The molecule has 1 aromatic heterocycles. The van der Waals surface area contributed by atoms with E-state index in [1.165, 1.54) is 5.56 Å². The molecule has 0 radical (unpaired) electrons. The lowest BCUT2D eigenvalue weighted by Crippen LogP contribution is -2.51. The van der Waals surface area contributed by atoms with Crippen molar-refractivity contribution in [2.45, 2.75) is 25.0 Å². The van der Waals surface area contributed by atoms with Crippen LogP contribution in [-0.4, -0.2) is 41.5 Å². The van der Waals surface area contributed by atoms with Crippen molar-refractivity contribution in [3.63, 3.8) is 0 Å². The normalized spacial score (nSPS) is 16.2. The molecule has 1 amide bonds. The zero-order valence-corrected chi connectivity index (χ0v) is 14.5. The molecule has 1 aromatic carbocycles. The zero-order chi connectivity index (χ0) is 16.1. The summed E-state index contributed by atoms with van der Waals surface area (Å²) in [6, 6.07) is 10.1. The van der Waals surface area contributed by atoms with Gasteiger partial charge in [-0.15, -0.1) is 12.4 Å². The van der Waals surface area contributed by atoms with Gasteiger partial charge in [-0.3, -0.25) is 9.48 Å². The van der Waals surface area contributed by atoms with E-state index < -0.39 is 5.60 Å². The molecular weight excluding hydrogens is 328 g/mol. The third-order valence-corrected chi connectivity index (χ3v) is 4.29. The van der Waals surface area contributed by atoms with E-state index in [0.717, 1.165) is 13.1 Å². The maximum Gasteiger partial charge on any atom is 0.256 e. The standard InChI is InChI=1S/C17H22N4O2.ClH/c1-23-17(7-9-18-10-8-17)16(22)20-15-11-19-21(13-15)12-14-5-3-2-4-6-14;/h2-6,11,13,18H,7-10,12H2,1H3,(H,20,22);1H. The molecule has 2 heterocycles. The lowest BCUT2D eigenvalue weighted by Gasteiger charge is -2.34. The molecule has 0 atom stereocenters. The van der Waals surface area contributed by atoms with Crippen LogP contribution in [0, 0.1) is 0 Å². The summed E-state index contributed by atoms with van der Waals surface area (Å²) in [5.74, 6) is -0.0965. The molecule has 1 saturated heterocycles. The zero-order valence-electron chi connectivity index (χ0n) is 13.7. The first kappa shape index (κ1) is 18.4. The smallest absolute Gasteiger partial charge is 0.256 e. The number of nitrogens with one attached hydrogen (secondary N) is 2. The highest BCUT2D eigenvalue weighted by molar-refractivity contribution is 5.97. The van der Waals surface area contributed by atoms with Crippen molar-refractivity contribution >= 4 is 24.0 Å². The third-order valence-electron chi connectivity index (χ3n) is 4.29. The number of hydrogen-bond acceptors (Lipinski definition) is 4. The van der Waals surface area contributed by atoms with E-state index in [0.29, 0.717) is 25.1 Å². The predicted molar refractivity (Wildman–Crippen MR) is 95.5 cm³/mol. The highest BCUT2D eigenvalue weighted by Gasteiger charge is 2.39. The first-order valence-corrected chi connectivity index (χ1v) is 7.85. The van der Waals surface area contributed by atoms with E-state index in [4.69, 9.17) is 4.74 Å². The Morgan fingerprint density at radius 1 is 1.33 bits per heavy atom. The Hall–Kier alpha value is -1.89. The van der Waals surface area contributed by atoms with Crippen molar-refractivity contribution in [1.82, 2.24) is 15.1 Å². The predicted octanol–water partition coefficient (Wildman–Crippen LogP) is 2.06. The summed E-state index contributed by atoms with van der Waals surface area (Å²) >= 11 is 0. The quantitative estimate of drug-likeness (QED) is 0.866. The molecular formula is C17H23ClN4O2. The van der Waals surface area contributed by atoms with E-state index in [2.05, 4.69) is 27.9 Å². The molecule has 0 spiro atoms. The van der Waals surface area contributed by atoms with Gasteiger partial charge in [0.2, 0.25) is 0 Å². The van der Waals surface area contributed by atoms with Crippen LogP contribution in [0.15, 0.2) is 42.7 Å². The third kappa shape index (κ3) is 4.14. The molecule has 2 N–H and O–H groups in total. The SMILES string of the molecule is COC1(C(=O)Nc2cnn(Cc3ccccc3)c2)CCNCC1.Cl. The van der Waals surface area contributed by atoms with Crippen LogP contribution in [0.4, 0.5) is 5.69 Å². The maximum absolute atomic E-state index is 12.6. The Balaban J connectivity index is 0.00000208. The average Bonchev–Trinajstić information content (AvgIpc) is 3.03. The lowest BCUT2D eigenvalue weighted by atomic mass is 9.91. The summed E-state index contributed by atoms with van der Waals surface area (Å²) in [7, 11) is 1.60. The molecule has 0 aliphatic carbocycles. The van der Waals surface area contributed by atoms with Crippen LogP contribution in [0.5, 0.6) is 0 Å². The number of halogens is 1. The molecule has 24 heavy (non-hydrogen) atoms. The number of nitrogens with zero attached hydrogens (tertiary/aromatic N) is 2. The Morgan fingerprint density at radius 2 is 2.04 bits per heavy atom. The number of ether oxygens (including phenoxy) is 1.